The second kappa shape index (κ2) is 5.39. The highest BCUT2D eigenvalue weighted by Crippen LogP contribution is 2.21. The highest BCUT2D eigenvalue weighted by atomic mass is 16.5. The normalized spacial score (nSPS) is 22.4. The molecule has 100 valence electrons. The first-order valence-corrected chi connectivity index (χ1v) is 6.20. The Balaban J connectivity index is 2.17. The number of nitrogens with zero attached hydrogens (tertiary/aromatic N) is 2. The molecule has 5 heteroatoms. The number of carbonyl (C=O) groups excluding carboxylic acids is 1. The first-order valence-electron chi connectivity index (χ1n) is 6.20. The van der Waals surface area contributed by atoms with Crippen molar-refractivity contribution in [2.45, 2.75) is 18.6 Å². The molecule has 1 amide bonds. The fraction of sp³-hybridized carbons (Fsp3) is 0.429. The molecule has 0 aromatic heterocycles. The third-order valence-electron chi connectivity index (χ3n) is 3.32. The molecule has 2 unspecified atom stereocenters. The number of carbonyl (C=O) groups is 1. The van der Waals surface area contributed by atoms with E-state index in [0.29, 0.717) is 13.2 Å². The van der Waals surface area contributed by atoms with Crippen LogP contribution < -0.4 is 5.73 Å². The fourth-order valence-electron chi connectivity index (χ4n) is 2.15. The van der Waals surface area contributed by atoms with Crippen molar-refractivity contribution in [3.05, 3.63) is 35.9 Å². The average molecular weight is 259 g/mol. The maximum absolute atomic E-state index is 12.5. The zero-order valence-corrected chi connectivity index (χ0v) is 10.9. The molecular formula is C14H17N3O2. The van der Waals surface area contributed by atoms with E-state index < -0.39 is 11.6 Å². The molecule has 2 atom stereocenters. The van der Waals surface area contributed by atoms with Crippen molar-refractivity contribution >= 4 is 5.91 Å². The molecule has 1 aliphatic rings. The zero-order chi connectivity index (χ0) is 13.9. The van der Waals surface area contributed by atoms with E-state index in [1.165, 1.54) is 0 Å². The number of nitriles is 1. The van der Waals surface area contributed by atoms with Crippen LogP contribution in [0.4, 0.5) is 0 Å². The van der Waals surface area contributed by atoms with Crippen LogP contribution in [0.3, 0.4) is 0 Å². The second-order valence-corrected chi connectivity index (χ2v) is 4.81. The molecule has 1 aromatic rings. The molecule has 1 aromatic carbocycles. The molecule has 19 heavy (non-hydrogen) atoms. The van der Waals surface area contributed by atoms with E-state index in [1.54, 1.807) is 11.8 Å². The Morgan fingerprint density at radius 3 is 2.84 bits per heavy atom. The van der Waals surface area contributed by atoms with Gasteiger partial charge in [-0.2, -0.15) is 5.26 Å². The number of nitrogens with two attached hydrogens (primary N) is 1. The summed E-state index contributed by atoms with van der Waals surface area (Å²) in [6.45, 7) is 2.81. The van der Waals surface area contributed by atoms with Gasteiger partial charge in [0.15, 0.2) is 6.10 Å². The topological polar surface area (TPSA) is 79.3 Å². The van der Waals surface area contributed by atoms with E-state index in [4.69, 9.17) is 15.7 Å². The Morgan fingerprint density at radius 1 is 1.53 bits per heavy atom. The van der Waals surface area contributed by atoms with Gasteiger partial charge in [-0.15, -0.1) is 0 Å². The third kappa shape index (κ3) is 2.75. The number of hydrogen-bond acceptors (Lipinski definition) is 4. The standard InChI is InChI=1S/C14H17N3O2/c1-14(16,11-5-3-2-4-6-11)13(18)17-7-8-19-12(9-15)10-17/h2-6,12H,7-8,10,16H2,1H3. The smallest absolute Gasteiger partial charge is 0.247 e. The summed E-state index contributed by atoms with van der Waals surface area (Å²) in [6.07, 6.45) is -0.565. The molecule has 1 fully saturated rings. The number of rotatable bonds is 2. The summed E-state index contributed by atoms with van der Waals surface area (Å²) in [5.74, 6) is -0.178. The molecule has 0 radical (unpaired) electrons. The summed E-state index contributed by atoms with van der Waals surface area (Å²) in [5.41, 5.74) is 5.86. The molecule has 2 N–H and O–H groups in total. The zero-order valence-electron chi connectivity index (χ0n) is 10.9. The van der Waals surface area contributed by atoms with E-state index in [1.807, 2.05) is 36.4 Å². The van der Waals surface area contributed by atoms with Crippen molar-refractivity contribution in [2.24, 2.45) is 5.73 Å². The van der Waals surface area contributed by atoms with E-state index in [9.17, 15) is 4.79 Å². The summed E-state index contributed by atoms with van der Waals surface area (Å²) in [4.78, 5) is 14.1. The van der Waals surface area contributed by atoms with Crippen molar-refractivity contribution in [2.75, 3.05) is 19.7 Å². The predicted molar refractivity (Wildman–Crippen MR) is 69.9 cm³/mol. The minimum Gasteiger partial charge on any atom is -0.360 e. The fourth-order valence-corrected chi connectivity index (χ4v) is 2.15. The van der Waals surface area contributed by atoms with Gasteiger partial charge in [0.25, 0.3) is 0 Å². The van der Waals surface area contributed by atoms with Gasteiger partial charge in [0, 0.05) is 6.54 Å². The number of ether oxygens (including phenoxy) is 1. The van der Waals surface area contributed by atoms with E-state index in [-0.39, 0.29) is 12.5 Å². The quantitative estimate of drug-likeness (QED) is 0.844. The van der Waals surface area contributed by atoms with Gasteiger partial charge in [-0.1, -0.05) is 30.3 Å². The van der Waals surface area contributed by atoms with Gasteiger partial charge < -0.3 is 15.4 Å². The maximum Gasteiger partial charge on any atom is 0.247 e. The monoisotopic (exact) mass is 259 g/mol. The molecule has 0 bridgehead atoms. The Hall–Kier alpha value is -1.90. The van der Waals surface area contributed by atoms with E-state index >= 15 is 0 Å². The van der Waals surface area contributed by atoms with Gasteiger partial charge in [-0.25, -0.2) is 0 Å². The summed E-state index contributed by atoms with van der Waals surface area (Å²) in [6, 6.07) is 11.3. The van der Waals surface area contributed by atoms with Crippen LogP contribution in [-0.4, -0.2) is 36.6 Å². The van der Waals surface area contributed by atoms with Crippen LogP contribution in [0, 0.1) is 11.3 Å². The van der Waals surface area contributed by atoms with Crippen LogP contribution in [0.15, 0.2) is 30.3 Å². The summed E-state index contributed by atoms with van der Waals surface area (Å²) in [5, 5.41) is 8.87. The lowest BCUT2D eigenvalue weighted by atomic mass is 9.91. The Labute approximate surface area is 112 Å². The van der Waals surface area contributed by atoms with Crippen molar-refractivity contribution in [3.63, 3.8) is 0 Å². The lowest BCUT2D eigenvalue weighted by Crippen LogP contribution is -2.55. The lowest BCUT2D eigenvalue weighted by molar-refractivity contribution is -0.142. The molecule has 1 aliphatic heterocycles. The summed E-state index contributed by atoms with van der Waals surface area (Å²) in [7, 11) is 0. The van der Waals surface area contributed by atoms with Crippen LogP contribution in [-0.2, 0) is 15.1 Å². The van der Waals surface area contributed by atoms with Crippen molar-refractivity contribution < 1.29 is 9.53 Å². The van der Waals surface area contributed by atoms with Crippen molar-refractivity contribution in [3.8, 4) is 6.07 Å². The SMILES string of the molecule is CC(N)(C(=O)N1CCOC(C#N)C1)c1ccccc1. The number of hydrogen-bond donors (Lipinski definition) is 1. The minimum absolute atomic E-state index is 0.178. The average Bonchev–Trinajstić information content (AvgIpc) is 2.47. The van der Waals surface area contributed by atoms with Crippen LogP contribution in [0.1, 0.15) is 12.5 Å². The maximum atomic E-state index is 12.5. The van der Waals surface area contributed by atoms with Crippen LogP contribution in [0.5, 0.6) is 0 Å². The molecule has 1 heterocycles. The molecule has 2 rings (SSSR count). The molecule has 5 nitrogen and oxygen atoms in total. The lowest BCUT2D eigenvalue weighted by Gasteiger charge is -2.35. The second-order valence-electron chi connectivity index (χ2n) is 4.81. The van der Waals surface area contributed by atoms with Crippen LogP contribution >= 0.6 is 0 Å². The van der Waals surface area contributed by atoms with Gasteiger partial charge in [0.1, 0.15) is 5.54 Å². The Morgan fingerprint density at radius 2 is 2.21 bits per heavy atom. The molecule has 0 spiro atoms. The Kier molecular flexibility index (Phi) is 3.84. The van der Waals surface area contributed by atoms with Crippen molar-refractivity contribution in [1.82, 2.24) is 4.90 Å². The van der Waals surface area contributed by atoms with Gasteiger partial charge >= 0.3 is 0 Å². The van der Waals surface area contributed by atoms with Gasteiger partial charge in [-0.05, 0) is 12.5 Å². The molecule has 1 saturated heterocycles. The van der Waals surface area contributed by atoms with E-state index in [2.05, 4.69) is 0 Å². The van der Waals surface area contributed by atoms with E-state index in [0.717, 1.165) is 5.56 Å². The number of benzene rings is 1. The highest BCUT2D eigenvalue weighted by Gasteiger charge is 2.36. The summed E-state index contributed by atoms with van der Waals surface area (Å²) >= 11 is 0. The number of amides is 1. The molecular weight excluding hydrogens is 242 g/mol. The first kappa shape index (κ1) is 13.5. The molecule has 0 saturated carbocycles. The van der Waals surface area contributed by atoms with Crippen LogP contribution in [0.2, 0.25) is 0 Å². The Bertz CT molecular complexity index is 493. The highest BCUT2D eigenvalue weighted by molar-refractivity contribution is 5.87. The largest absolute Gasteiger partial charge is 0.360 e. The van der Waals surface area contributed by atoms with Gasteiger partial charge in [0.2, 0.25) is 5.91 Å². The van der Waals surface area contributed by atoms with Crippen molar-refractivity contribution in [1.29, 1.82) is 5.26 Å². The van der Waals surface area contributed by atoms with Crippen LogP contribution in [0.25, 0.3) is 0 Å². The van der Waals surface area contributed by atoms with Gasteiger partial charge in [-0.3, -0.25) is 4.79 Å². The number of morpholine rings is 1. The minimum atomic E-state index is -1.08. The third-order valence-corrected chi connectivity index (χ3v) is 3.32. The summed E-state index contributed by atoms with van der Waals surface area (Å²) < 4.78 is 5.23. The predicted octanol–water partition coefficient (Wildman–Crippen LogP) is 0.611. The first-order chi connectivity index (χ1) is 9.05. The van der Waals surface area contributed by atoms with Gasteiger partial charge in [0.05, 0.1) is 19.2 Å². The molecule has 0 aliphatic carbocycles.